The molecule has 0 aliphatic carbocycles. The van der Waals surface area contributed by atoms with Gasteiger partial charge in [-0.3, -0.25) is 4.79 Å². The molecule has 2 aromatic carbocycles. The molecule has 2 rings (SSSR count). The van der Waals surface area contributed by atoms with Crippen LogP contribution in [0, 0.1) is 11.3 Å². The average molecular weight is 354 g/mol. The number of nitrogens with one attached hydrogen (secondary N) is 2. The van der Waals surface area contributed by atoms with E-state index in [1.54, 1.807) is 12.1 Å². The highest BCUT2D eigenvalue weighted by Gasteiger charge is 2.33. The fraction of sp³-hybridized carbons (Fsp3) is 0.125. The fourth-order valence-corrected chi connectivity index (χ4v) is 2.14. The van der Waals surface area contributed by atoms with Crippen molar-refractivity contribution in [3.8, 4) is 6.07 Å². The molecule has 0 unspecified atom stereocenters. The maximum atomic E-state index is 13.0. The Morgan fingerprint density at radius 2 is 1.88 bits per heavy atom. The van der Waals surface area contributed by atoms with E-state index in [9.17, 15) is 18.0 Å². The van der Waals surface area contributed by atoms with Gasteiger partial charge in [0.05, 0.1) is 23.4 Å². The molecular weight excluding hydrogens is 343 g/mol. The average Bonchev–Trinajstić information content (AvgIpc) is 2.53. The number of halogens is 4. The van der Waals surface area contributed by atoms with E-state index >= 15 is 0 Å². The molecule has 0 radical (unpaired) electrons. The summed E-state index contributed by atoms with van der Waals surface area (Å²) in [6, 6.07) is 11.5. The predicted octanol–water partition coefficient (Wildman–Crippen LogP) is 4.28. The SMILES string of the molecule is N#Cc1ccccc1NC(=O)CNc1ccc(Cl)cc1C(F)(F)F. The van der Waals surface area contributed by atoms with Crippen molar-refractivity contribution in [2.75, 3.05) is 17.2 Å². The van der Waals surface area contributed by atoms with Crippen LogP contribution >= 0.6 is 11.6 Å². The molecule has 0 aliphatic rings. The van der Waals surface area contributed by atoms with Gasteiger partial charge in [-0.05, 0) is 30.3 Å². The maximum Gasteiger partial charge on any atom is 0.418 e. The topological polar surface area (TPSA) is 64.9 Å². The number of amides is 1. The first-order valence-corrected chi connectivity index (χ1v) is 7.08. The van der Waals surface area contributed by atoms with Crippen molar-refractivity contribution in [2.45, 2.75) is 6.18 Å². The van der Waals surface area contributed by atoms with Gasteiger partial charge in [-0.2, -0.15) is 18.4 Å². The van der Waals surface area contributed by atoms with Gasteiger partial charge in [-0.1, -0.05) is 23.7 Å². The zero-order valence-electron chi connectivity index (χ0n) is 12.1. The molecule has 24 heavy (non-hydrogen) atoms. The Hall–Kier alpha value is -2.72. The van der Waals surface area contributed by atoms with Crippen molar-refractivity contribution in [2.24, 2.45) is 0 Å². The molecule has 0 heterocycles. The summed E-state index contributed by atoms with van der Waals surface area (Å²) in [7, 11) is 0. The molecule has 2 aromatic rings. The van der Waals surface area contributed by atoms with Crippen molar-refractivity contribution in [3.63, 3.8) is 0 Å². The van der Waals surface area contributed by atoms with Gasteiger partial charge in [-0.25, -0.2) is 0 Å². The molecular formula is C16H11ClF3N3O. The third-order valence-corrected chi connectivity index (χ3v) is 3.28. The quantitative estimate of drug-likeness (QED) is 0.862. The molecule has 0 aliphatic heterocycles. The normalized spacial score (nSPS) is 10.8. The second kappa shape index (κ2) is 7.23. The molecule has 8 heteroatoms. The van der Waals surface area contributed by atoms with Crippen molar-refractivity contribution < 1.29 is 18.0 Å². The highest BCUT2D eigenvalue weighted by atomic mass is 35.5. The molecule has 0 saturated heterocycles. The minimum absolute atomic E-state index is 0.0553. The van der Waals surface area contributed by atoms with Crippen LogP contribution in [0.3, 0.4) is 0 Å². The van der Waals surface area contributed by atoms with Gasteiger partial charge in [0.2, 0.25) is 5.91 Å². The lowest BCUT2D eigenvalue weighted by Crippen LogP contribution is -2.23. The Morgan fingerprint density at radius 3 is 2.54 bits per heavy atom. The molecule has 0 fully saturated rings. The highest BCUT2D eigenvalue weighted by molar-refractivity contribution is 6.30. The van der Waals surface area contributed by atoms with Crippen LogP contribution in [0.1, 0.15) is 11.1 Å². The molecule has 0 atom stereocenters. The third kappa shape index (κ3) is 4.40. The summed E-state index contributed by atoms with van der Waals surface area (Å²) in [4.78, 5) is 11.9. The van der Waals surface area contributed by atoms with E-state index in [-0.39, 0.29) is 16.3 Å². The fourth-order valence-electron chi connectivity index (χ4n) is 1.96. The number of anilines is 2. The zero-order valence-corrected chi connectivity index (χ0v) is 12.9. The summed E-state index contributed by atoms with van der Waals surface area (Å²) >= 11 is 5.59. The molecule has 124 valence electrons. The standard InChI is InChI=1S/C16H11ClF3N3O/c17-11-5-6-14(12(7-11)16(18,19)20)22-9-15(24)23-13-4-2-1-3-10(13)8-21/h1-7,22H,9H2,(H,23,24). The highest BCUT2D eigenvalue weighted by Crippen LogP contribution is 2.36. The number of nitriles is 1. The van der Waals surface area contributed by atoms with Crippen LogP contribution in [0.25, 0.3) is 0 Å². The summed E-state index contributed by atoms with van der Waals surface area (Å²) in [5.74, 6) is -0.583. The van der Waals surface area contributed by atoms with Crippen LogP contribution in [0.2, 0.25) is 5.02 Å². The first kappa shape index (κ1) is 17.6. The summed E-state index contributed by atoms with van der Waals surface area (Å²) in [6.07, 6.45) is -4.60. The molecule has 0 spiro atoms. The van der Waals surface area contributed by atoms with Gasteiger partial charge in [-0.15, -0.1) is 0 Å². The second-order valence-corrected chi connectivity index (χ2v) is 5.18. The minimum Gasteiger partial charge on any atom is -0.376 e. The lowest BCUT2D eigenvalue weighted by Gasteiger charge is -2.15. The summed E-state index contributed by atoms with van der Waals surface area (Å²) in [5, 5.41) is 13.8. The number of alkyl halides is 3. The summed E-state index contributed by atoms with van der Waals surface area (Å²) < 4.78 is 38.9. The largest absolute Gasteiger partial charge is 0.418 e. The number of hydrogen-bond donors (Lipinski definition) is 2. The van der Waals surface area contributed by atoms with Gasteiger partial charge in [0.15, 0.2) is 0 Å². The Morgan fingerprint density at radius 1 is 1.17 bits per heavy atom. The smallest absolute Gasteiger partial charge is 0.376 e. The van der Waals surface area contributed by atoms with Gasteiger partial charge in [0.25, 0.3) is 0 Å². The Labute approximate surface area is 140 Å². The first-order valence-electron chi connectivity index (χ1n) is 6.71. The lowest BCUT2D eigenvalue weighted by atomic mass is 10.1. The van der Waals surface area contributed by atoms with Gasteiger partial charge in [0, 0.05) is 10.7 Å². The van der Waals surface area contributed by atoms with E-state index in [0.29, 0.717) is 5.69 Å². The number of para-hydroxylation sites is 1. The number of benzene rings is 2. The van der Waals surface area contributed by atoms with Gasteiger partial charge < -0.3 is 10.6 Å². The molecule has 2 N–H and O–H groups in total. The van der Waals surface area contributed by atoms with E-state index in [0.717, 1.165) is 12.1 Å². The molecule has 0 saturated carbocycles. The number of carbonyl (C=O) groups is 1. The Bertz CT molecular complexity index is 800. The van der Waals surface area contributed by atoms with E-state index in [2.05, 4.69) is 10.6 Å². The van der Waals surface area contributed by atoms with E-state index < -0.39 is 24.2 Å². The summed E-state index contributed by atoms with van der Waals surface area (Å²) in [5.41, 5.74) is -0.664. The van der Waals surface area contributed by atoms with Crippen molar-refractivity contribution in [1.82, 2.24) is 0 Å². The van der Waals surface area contributed by atoms with Crippen LogP contribution in [0.4, 0.5) is 24.5 Å². The Kier molecular flexibility index (Phi) is 5.31. The van der Waals surface area contributed by atoms with Crippen LogP contribution in [-0.2, 0) is 11.0 Å². The second-order valence-electron chi connectivity index (χ2n) is 4.75. The number of nitrogens with zero attached hydrogens (tertiary/aromatic N) is 1. The summed E-state index contributed by atoms with van der Waals surface area (Å²) in [6.45, 7) is -0.398. The molecule has 0 aromatic heterocycles. The minimum atomic E-state index is -4.60. The lowest BCUT2D eigenvalue weighted by molar-refractivity contribution is -0.137. The van der Waals surface area contributed by atoms with Crippen LogP contribution < -0.4 is 10.6 Å². The third-order valence-electron chi connectivity index (χ3n) is 3.05. The zero-order chi connectivity index (χ0) is 17.7. The van der Waals surface area contributed by atoms with Gasteiger partial charge >= 0.3 is 6.18 Å². The molecule has 4 nitrogen and oxygen atoms in total. The Balaban J connectivity index is 2.09. The van der Waals surface area contributed by atoms with Crippen LogP contribution in [-0.4, -0.2) is 12.5 Å². The monoisotopic (exact) mass is 353 g/mol. The first-order chi connectivity index (χ1) is 11.3. The van der Waals surface area contributed by atoms with Crippen molar-refractivity contribution >= 4 is 28.9 Å². The predicted molar refractivity (Wildman–Crippen MR) is 84.7 cm³/mol. The van der Waals surface area contributed by atoms with Crippen LogP contribution in [0.15, 0.2) is 42.5 Å². The number of carbonyl (C=O) groups excluding carboxylic acids is 1. The van der Waals surface area contributed by atoms with E-state index in [4.69, 9.17) is 16.9 Å². The number of hydrogen-bond acceptors (Lipinski definition) is 3. The van der Waals surface area contributed by atoms with Crippen LogP contribution in [0.5, 0.6) is 0 Å². The van der Waals surface area contributed by atoms with Crippen molar-refractivity contribution in [1.29, 1.82) is 5.26 Å². The van der Waals surface area contributed by atoms with E-state index in [1.807, 2.05) is 6.07 Å². The van der Waals surface area contributed by atoms with E-state index in [1.165, 1.54) is 18.2 Å². The van der Waals surface area contributed by atoms with Crippen molar-refractivity contribution in [3.05, 3.63) is 58.6 Å². The molecule has 0 bridgehead atoms. The number of rotatable bonds is 4. The maximum absolute atomic E-state index is 13.0. The molecule has 1 amide bonds. The van der Waals surface area contributed by atoms with Gasteiger partial charge in [0.1, 0.15) is 6.07 Å².